The molecule has 0 bridgehead atoms. The lowest BCUT2D eigenvalue weighted by molar-refractivity contribution is -0.144. The standard InChI is InChI=1S/C22H30N4O5/c1-6-13(2)18(21(27)31-5)25-22(28)26-10-9-16-19(24-12-23-16)20(26)15-11-14(29-3)7-8-17(15)30-4/h7-8,11-13,18,20H,6,9-10H2,1-5H3,(H,23,24)(H,25,28)/t13-,18+,20-/m1/s1. The van der Waals surface area contributed by atoms with E-state index < -0.39 is 18.1 Å². The van der Waals surface area contributed by atoms with Crippen LogP contribution < -0.4 is 14.8 Å². The molecule has 0 saturated heterocycles. The number of amides is 2. The van der Waals surface area contributed by atoms with E-state index in [4.69, 9.17) is 14.2 Å². The van der Waals surface area contributed by atoms with Crippen LogP contribution in [0.25, 0.3) is 0 Å². The Morgan fingerprint density at radius 1 is 1.29 bits per heavy atom. The third kappa shape index (κ3) is 4.45. The van der Waals surface area contributed by atoms with Gasteiger partial charge in [-0.15, -0.1) is 0 Å². The van der Waals surface area contributed by atoms with Crippen LogP contribution in [0.3, 0.4) is 0 Å². The van der Waals surface area contributed by atoms with Crippen molar-refractivity contribution in [1.29, 1.82) is 0 Å². The number of fused-ring (bicyclic) bond motifs is 1. The summed E-state index contributed by atoms with van der Waals surface area (Å²) in [5.74, 6) is 0.722. The molecule has 31 heavy (non-hydrogen) atoms. The molecule has 2 N–H and O–H groups in total. The summed E-state index contributed by atoms with van der Waals surface area (Å²) in [6.07, 6.45) is 2.97. The number of carbonyl (C=O) groups excluding carboxylic acids is 2. The number of imidazole rings is 1. The van der Waals surface area contributed by atoms with E-state index in [1.165, 1.54) is 7.11 Å². The second kappa shape index (κ2) is 9.72. The average Bonchev–Trinajstić information content (AvgIpc) is 3.29. The summed E-state index contributed by atoms with van der Waals surface area (Å²) in [6.45, 7) is 4.32. The summed E-state index contributed by atoms with van der Waals surface area (Å²) >= 11 is 0. The Labute approximate surface area is 182 Å². The summed E-state index contributed by atoms with van der Waals surface area (Å²) in [5.41, 5.74) is 2.46. The highest BCUT2D eigenvalue weighted by atomic mass is 16.5. The van der Waals surface area contributed by atoms with Gasteiger partial charge in [-0.1, -0.05) is 20.3 Å². The van der Waals surface area contributed by atoms with Gasteiger partial charge < -0.3 is 29.4 Å². The predicted molar refractivity (Wildman–Crippen MR) is 114 cm³/mol. The number of aromatic nitrogens is 2. The monoisotopic (exact) mass is 430 g/mol. The SMILES string of the molecule is CC[C@@H](C)[C@H](NC(=O)N1CCc2[nH]cnc2[C@H]1c1cc(OC)ccc1OC)C(=O)OC. The lowest BCUT2D eigenvalue weighted by Crippen LogP contribution is -2.53. The van der Waals surface area contributed by atoms with Crippen molar-refractivity contribution < 1.29 is 23.8 Å². The number of benzene rings is 1. The molecule has 9 nitrogen and oxygen atoms in total. The van der Waals surface area contributed by atoms with Crippen LogP contribution in [0.4, 0.5) is 4.79 Å². The minimum atomic E-state index is -0.740. The Balaban J connectivity index is 2.01. The fraction of sp³-hybridized carbons (Fsp3) is 0.500. The number of aromatic amines is 1. The number of carbonyl (C=O) groups is 2. The van der Waals surface area contributed by atoms with E-state index >= 15 is 0 Å². The molecular formula is C22H30N4O5. The van der Waals surface area contributed by atoms with Gasteiger partial charge in [-0.05, 0) is 24.1 Å². The van der Waals surface area contributed by atoms with E-state index in [9.17, 15) is 9.59 Å². The van der Waals surface area contributed by atoms with Gasteiger partial charge in [0.25, 0.3) is 0 Å². The number of ether oxygens (including phenoxy) is 3. The van der Waals surface area contributed by atoms with Gasteiger partial charge in [0.1, 0.15) is 23.6 Å². The number of hydrogen-bond acceptors (Lipinski definition) is 6. The normalized spacial score (nSPS) is 17.3. The van der Waals surface area contributed by atoms with Gasteiger partial charge in [0.2, 0.25) is 0 Å². The number of urea groups is 1. The number of methoxy groups -OCH3 is 3. The Kier molecular flexibility index (Phi) is 7.04. The maximum Gasteiger partial charge on any atom is 0.328 e. The molecule has 3 atom stereocenters. The lowest BCUT2D eigenvalue weighted by atomic mass is 9.94. The molecule has 2 amide bonds. The highest BCUT2D eigenvalue weighted by molar-refractivity contribution is 5.84. The van der Waals surface area contributed by atoms with Crippen LogP contribution >= 0.6 is 0 Å². The highest BCUT2D eigenvalue weighted by Crippen LogP contribution is 2.39. The van der Waals surface area contributed by atoms with E-state index in [2.05, 4.69) is 15.3 Å². The molecule has 1 aliphatic rings. The highest BCUT2D eigenvalue weighted by Gasteiger charge is 2.38. The average molecular weight is 431 g/mol. The van der Waals surface area contributed by atoms with Crippen molar-refractivity contribution in [2.45, 2.75) is 38.8 Å². The molecule has 3 rings (SSSR count). The molecule has 1 aliphatic heterocycles. The quantitative estimate of drug-likeness (QED) is 0.654. The predicted octanol–water partition coefficient (Wildman–Crippen LogP) is 2.67. The number of hydrogen-bond donors (Lipinski definition) is 2. The molecular weight excluding hydrogens is 400 g/mol. The minimum Gasteiger partial charge on any atom is -0.497 e. The van der Waals surface area contributed by atoms with Crippen molar-refractivity contribution in [2.24, 2.45) is 5.92 Å². The van der Waals surface area contributed by atoms with Crippen molar-refractivity contribution >= 4 is 12.0 Å². The van der Waals surface area contributed by atoms with Crippen molar-refractivity contribution in [3.05, 3.63) is 41.5 Å². The molecule has 2 aromatic rings. The third-order valence-corrected chi connectivity index (χ3v) is 5.86. The molecule has 9 heteroatoms. The maximum atomic E-state index is 13.4. The molecule has 0 fully saturated rings. The van der Waals surface area contributed by atoms with Gasteiger partial charge in [-0.25, -0.2) is 14.6 Å². The van der Waals surface area contributed by atoms with E-state index in [0.717, 1.165) is 23.4 Å². The first kappa shape index (κ1) is 22.5. The van der Waals surface area contributed by atoms with E-state index in [1.807, 2.05) is 26.0 Å². The van der Waals surface area contributed by atoms with Crippen LogP contribution in [-0.2, 0) is 16.0 Å². The second-order valence-corrected chi connectivity index (χ2v) is 7.56. The minimum absolute atomic E-state index is 0.0769. The molecule has 0 radical (unpaired) electrons. The van der Waals surface area contributed by atoms with Crippen LogP contribution in [0.1, 0.15) is 43.3 Å². The zero-order valence-electron chi connectivity index (χ0n) is 18.6. The van der Waals surface area contributed by atoms with Crippen molar-refractivity contribution in [1.82, 2.24) is 20.2 Å². The maximum absolute atomic E-state index is 13.4. The molecule has 0 saturated carbocycles. The van der Waals surface area contributed by atoms with Gasteiger partial charge in [-0.3, -0.25) is 0 Å². The van der Waals surface area contributed by atoms with Gasteiger partial charge in [-0.2, -0.15) is 0 Å². The van der Waals surface area contributed by atoms with E-state index in [1.54, 1.807) is 31.5 Å². The van der Waals surface area contributed by atoms with E-state index in [0.29, 0.717) is 24.5 Å². The zero-order valence-corrected chi connectivity index (χ0v) is 18.6. The van der Waals surface area contributed by atoms with Crippen LogP contribution in [0, 0.1) is 5.92 Å². The van der Waals surface area contributed by atoms with Crippen LogP contribution in [0.5, 0.6) is 11.5 Å². The zero-order chi connectivity index (χ0) is 22.5. The summed E-state index contributed by atoms with van der Waals surface area (Å²) in [7, 11) is 4.49. The molecule has 0 aliphatic carbocycles. The first-order valence-electron chi connectivity index (χ1n) is 10.3. The van der Waals surface area contributed by atoms with Crippen molar-refractivity contribution in [3.8, 4) is 11.5 Å². The van der Waals surface area contributed by atoms with Crippen molar-refractivity contribution in [3.63, 3.8) is 0 Å². The Hall–Kier alpha value is -3.23. The Bertz CT molecular complexity index is 928. The summed E-state index contributed by atoms with van der Waals surface area (Å²) < 4.78 is 15.9. The van der Waals surface area contributed by atoms with Crippen LogP contribution in [0.15, 0.2) is 24.5 Å². The Morgan fingerprint density at radius 3 is 2.71 bits per heavy atom. The van der Waals surface area contributed by atoms with Gasteiger partial charge >= 0.3 is 12.0 Å². The molecule has 168 valence electrons. The molecule has 0 spiro atoms. The molecule has 0 unspecified atom stereocenters. The fourth-order valence-corrected chi connectivity index (χ4v) is 3.88. The summed E-state index contributed by atoms with van der Waals surface area (Å²) in [4.78, 5) is 35.1. The van der Waals surface area contributed by atoms with Crippen LogP contribution in [0.2, 0.25) is 0 Å². The van der Waals surface area contributed by atoms with Gasteiger partial charge in [0.05, 0.1) is 33.4 Å². The smallest absolute Gasteiger partial charge is 0.328 e. The second-order valence-electron chi connectivity index (χ2n) is 7.56. The number of rotatable bonds is 7. The Morgan fingerprint density at radius 2 is 2.06 bits per heavy atom. The van der Waals surface area contributed by atoms with Crippen molar-refractivity contribution in [2.75, 3.05) is 27.9 Å². The molecule has 1 aromatic carbocycles. The van der Waals surface area contributed by atoms with E-state index in [-0.39, 0.29) is 11.9 Å². The summed E-state index contributed by atoms with van der Waals surface area (Å²) in [6, 6.07) is 3.85. The first-order valence-corrected chi connectivity index (χ1v) is 10.3. The topological polar surface area (TPSA) is 106 Å². The number of esters is 1. The molecule has 2 heterocycles. The summed E-state index contributed by atoms with van der Waals surface area (Å²) in [5, 5.41) is 2.88. The fourth-order valence-electron chi connectivity index (χ4n) is 3.88. The third-order valence-electron chi connectivity index (χ3n) is 5.86. The number of nitrogens with one attached hydrogen (secondary N) is 2. The largest absolute Gasteiger partial charge is 0.497 e. The van der Waals surface area contributed by atoms with Gasteiger partial charge in [0.15, 0.2) is 0 Å². The first-order chi connectivity index (χ1) is 14.9. The van der Waals surface area contributed by atoms with Gasteiger partial charge in [0, 0.05) is 24.2 Å². The molecule has 1 aromatic heterocycles. The lowest BCUT2D eigenvalue weighted by Gasteiger charge is -2.37. The number of nitrogens with zero attached hydrogens (tertiary/aromatic N) is 2. The van der Waals surface area contributed by atoms with Crippen LogP contribution in [-0.4, -0.2) is 60.8 Å². The number of H-pyrrole nitrogens is 1.